The Morgan fingerprint density at radius 3 is 2.33 bits per heavy atom. The van der Waals surface area contributed by atoms with Gasteiger partial charge in [0.15, 0.2) is 0 Å². The largest absolute Gasteiger partial charge is 0.481 e. The van der Waals surface area contributed by atoms with Crippen LogP contribution in [0.25, 0.3) is 0 Å². The molecular weight excluding hydrogens is 461 g/mol. The number of halogens is 2. The van der Waals surface area contributed by atoms with Crippen LogP contribution in [-0.4, -0.2) is 33.1 Å². The van der Waals surface area contributed by atoms with E-state index in [1.54, 1.807) is 42.5 Å². The third kappa shape index (κ3) is 3.61. The number of carboxylic acids is 1. The van der Waals surface area contributed by atoms with Gasteiger partial charge in [0.2, 0.25) is 0 Å². The number of nitrogens with zero attached hydrogens (tertiary/aromatic N) is 1. The monoisotopic (exact) mass is 481 g/mol. The second kappa shape index (κ2) is 8.49. The van der Waals surface area contributed by atoms with Gasteiger partial charge in [0, 0.05) is 15.6 Å². The number of aliphatic carboxylic acids is 1. The normalized spacial score (nSPS) is 24.2. The lowest BCUT2D eigenvalue weighted by molar-refractivity contribution is -0.141. The van der Waals surface area contributed by atoms with Gasteiger partial charge in [-0.3, -0.25) is 9.59 Å². The third-order valence-electron chi connectivity index (χ3n) is 6.67. The highest BCUT2D eigenvalue weighted by Crippen LogP contribution is 2.50. The molecule has 4 unspecified atom stereocenters. The summed E-state index contributed by atoms with van der Waals surface area (Å²) in [6.45, 7) is 0. The Kier molecular flexibility index (Phi) is 5.65. The average Bonchev–Trinajstić information content (AvgIpc) is 2.79. The highest BCUT2D eigenvalue weighted by atomic mass is 35.5. The molecule has 0 aromatic heterocycles. The number of carbonyl (C=O) groups is 2. The third-order valence-corrected chi connectivity index (χ3v) is 7.23. The molecule has 2 N–H and O–H groups in total. The van der Waals surface area contributed by atoms with E-state index in [4.69, 9.17) is 23.2 Å². The minimum absolute atomic E-state index is 0.273. The average molecular weight is 482 g/mol. The summed E-state index contributed by atoms with van der Waals surface area (Å²) in [7, 11) is 0. The van der Waals surface area contributed by atoms with Crippen LogP contribution >= 0.6 is 23.2 Å². The van der Waals surface area contributed by atoms with Crippen LogP contribution in [0.5, 0.6) is 0 Å². The van der Waals surface area contributed by atoms with E-state index in [1.807, 2.05) is 24.3 Å². The van der Waals surface area contributed by atoms with E-state index < -0.39 is 30.1 Å². The van der Waals surface area contributed by atoms with Crippen LogP contribution in [0.15, 0.2) is 66.7 Å². The van der Waals surface area contributed by atoms with Crippen molar-refractivity contribution in [2.45, 2.75) is 36.9 Å². The number of aliphatic hydroxyl groups is 1. The fourth-order valence-electron chi connectivity index (χ4n) is 5.25. The van der Waals surface area contributed by atoms with Gasteiger partial charge in [-0.05, 0) is 53.3 Å². The zero-order valence-electron chi connectivity index (χ0n) is 17.5. The Balaban J connectivity index is 1.79. The number of hydrogen-bond donors (Lipinski definition) is 2. The SMILES string of the molecule is O=C(O)C1c2ccccc2C(=O)N(C2c3ccccc3CCC2O)C1c1ccc(Cl)cc1Cl. The first kappa shape index (κ1) is 22.0. The molecule has 33 heavy (non-hydrogen) atoms. The summed E-state index contributed by atoms with van der Waals surface area (Å²) < 4.78 is 0. The van der Waals surface area contributed by atoms with E-state index >= 15 is 0 Å². The molecule has 0 saturated carbocycles. The van der Waals surface area contributed by atoms with Crippen molar-refractivity contribution in [2.24, 2.45) is 0 Å². The predicted octanol–water partition coefficient (Wildman–Crippen LogP) is 5.41. The molecule has 5 rings (SSSR count). The maximum absolute atomic E-state index is 14.0. The Hall–Kier alpha value is -2.86. The fraction of sp³-hybridized carbons (Fsp3) is 0.231. The van der Waals surface area contributed by atoms with E-state index in [0.29, 0.717) is 34.6 Å². The van der Waals surface area contributed by atoms with E-state index in [-0.39, 0.29) is 10.9 Å². The van der Waals surface area contributed by atoms with Crippen molar-refractivity contribution in [3.8, 4) is 0 Å². The number of amides is 1. The summed E-state index contributed by atoms with van der Waals surface area (Å²) in [5.41, 5.74) is 3.09. The highest BCUT2D eigenvalue weighted by Gasteiger charge is 2.50. The lowest BCUT2D eigenvalue weighted by Crippen LogP contribution is -2.50. The van der Waals surface area contributed by atoms with Crippen molar-refractivity contribution in [2.75, 3.05) is 0 Å². The van der Waals surface area contributed by atoms with Gasteiger partial charge < -0.3 is 15.1 Å². The molecule has 0 spiro atoms. The summed E-state index contributed by atoms with van der Waals surface area (Å²) in [5.74, 6) is -2.48. The predicted molar refractivity (Wildman–Crippen MR) is 126 cm³/mol. The number of carboxylic acid groups (broad SMARTS) is 1. The molecule has 168 valence electrons. The van der Waals surface area contributed by atoms with Crippen molar-refractivity contribution in [3.63, 3.8) is 0 Å². The zero-order valence-corrected chi connectivity index (χ0v) is 19.0. The minimum Gasteiger partial charge on any atom is -0.481 e. The summed E-state index contributed by atoms with van der Waals surface area (Å²) >= 11 is 12.7. The van der Waals surface area contributed by atoms with Gasteiger partial charge in [-0.15, -0.1) is 0 Å². The van der Waals surface area contributed by atoms with Crippen molar-refractivity contribution >= 4 is 35.1 Å². The Morgan fingerprint density at radius 2 is 1.61 bits per heavy atom. The van der Waals surface area contributed by atoms with Crippen molar-refractivity contribution in [1.29, 1.82) is 0 Å². The van der Waals surface area contributed by atoms with Crippen molar-refractivity contribution < 1.29 is 19.8 Å². The molecule has 3 aromatic rings. The molecule has 0 radical (unpaired) electrons. The molecule has 4 atom stereocenters. The molecule has 3 aromatic carbocycles. The van der Waals surface area contributed by atoms with Crippen LogP contribution in [0.3, 0.4) is 0 Å². The smallest absolute Gasteiger partial charge is 0.313 e. The summed E-state index contributed by atoms with van der Waals surface area (Å²) in [4.78, 5) is 28.2. The molecule has 0 fully saturated rings. The molecule has 1 aliphatic heterocycles. The molecule has 1 heterocycles. The maximum atomic E-state index is 14.0. The number of benzene rings is 3. The lowest BCUT2D eigenvalue weighted by Gasteiger charge is -2.48. The summed E-state index contributed by atoms with van der Waals surface area (Å²) in [5, 5.41) is 22.2. The molecule has 1 aliphatic carbocycles. The van der Waals surface area contributed by atoms with Crippen LogP contribution in [0.4, 0.5) is 0 Å². The van der Waals surface area contributed by atoms with Gasteiger partial charge >= 0.3 is 5.97 Å². The van der Waals surface area contributed by atoms with Gasteiger partial charge in [-0.1, -0.05) is 71.7 Å². The first-order valence-corrected chi connectivity index (χ1v) is 11.5. The van der Waals surface area contributed by atoms with Gasteiger partial charge in [0.1, 0.15) is 5.92 Å². The summed E-state index contributed by atoms with van der Waals surface area (Å²) in [6, 6.07) is 17.6. The van der Waals surface area contributed by atoms with Gasteiger partial charge in [-0.2, -0.15) is 0 Å². The van der Waals surface area contributed by atoms with Crippen LogP contribution in [0.2, 0.25) is 10.0 Å². The Labute approximate surface area is 201 Å². The van der Waals surface area contributed by atoms with Crippen LogP contribution in [0, 0.1) is 0 Å². The standard InChI is InChI=1S/C26H21Cl2NO4/c27-15-10-11-19(20(28)13-15)24-22(26(32)33)17-7-3-4-8-18(17)25(31)29(24)23-16-6-2-1-5-14(16)9-12-21(23)30/h1-8,10-11,13,21-24,30H,9,12H2,(H,32,33). The molecule has 0 bridgehead atoms. The molecule has 1 amide bonds. The Bertz CT molecular complexity index is 1260. The molecule has 2 aliphatic rings. The van der Waals surface area contributed by atoms with Crippen LogP contribution in [-0.2, 0) is 11.2 Å². The lowest BCUT2D eigenvalue weighted by atomic mass is 9.76. The molecule has 5 nitrogen and oxygen atoms in total. The Morgan fingerprint density at radius 1 is 0.909 bits per heavy atom. The van der Waals surface area contributed by atoms with E-state index in [1.165, 1.54) is 4.90 Å². The molecular formula is C26H21Cl2NO4. The number of rotatable bonds is 3. The minimum atomic E-state index is -1.07. The van der Waals surface area contributed by atoms with E-state index in [9.17, 15) is 19.8 Å². The van der Waals surface area contributed by atoms with Crippen molar-refractivity contribution in [1.82, 2.24) is 4.90 Å². The molecule has 0 saturated heterocycles. The van der Waals surface area contributed by atoms with Crippen LogP contribution < -0.4 is 0 Å². The van der Waals surface area contributed by atoms with Crippen molar-refractivity contribution in [3.05, 3.63) is 105 Å². The number of hydrogen-bond acceptors (Lipinski definition) is 3. The summed E-state index contributed by atoms with van der Waals surface area (Å²) in [6.07, 6.45) is 0.296. The number of fused-ring (bicyclic) bond motifs is 2. The fourth-order valence-corrected chi connectivity index (χ4v) is 5.77. The number of carbonyl (C=O) groups excluding carboxylic acids is 1. The first-order valence-electron chi connectivity index (χ1n) is 10.7. The van der Waals surface area contributed by atoms with Gasteiger partial charge in [0.25, 0.3) is 5.91 Å². The van der Waals surface area contributed by atoms with Crippen LogP contribution in [0.1, 0.15) is 57.0 Å². The van der Waals surface area contributed by atoms with Gasteiger partial charge in [0.05, 0.1) is 18.2 Å². The highest BCUT2D eigenvalue weighted by molar-refractivity contribution is 6.35. The van der Waals surface area contributed by atoms with E-state index in [2.05, 4.69) is 0 Å². The number of aliphatic hydroxyl groups excluding tert-OH is 1. The van der Waals surface area contributed by atoms with Gasteiger partial charge in [-0.25, -0.2) is 0 Å². The first-order chi connectivity index (χ1) is 15.9. The second-order valence-electron chi connectivity index (χ2n) is 8.48. The second-order valence-corrected chi connectivity index (χ2v) is 9.32. The molecule has 7 heteroatoms. The maximum Gasteiger partial charge on any atom is 0.313 e. The number of aryl methyl sites for hydroxylation is 1. The zero-order chi connectivity index (χ0) is 23.3. The quantitative estimate of drug-likeness (QED) is 0.524. The van der Waals surface area contributed by atoms with E-state index in [0.717, 1.165) is 11.1 Å². The topological polar surface area (TPSA) is 77.8 Å².